The number of anilines is 1. The highest BCUT2D eigenvalue weighted by Gasteiger charge is 2.16. The average Bonchev–Trinajstić information content (AvgIpc) is 2.60. The number of amides is 2. The lowest BCUT2D eigenvalue weighted by atomic mass is 10.0. The molecule has 0 aliphatic rings. The van der Waals surface area contributed by atoms with E-state index in [0.717, 1.165) is 24.3 Å². The van der Waals surface area contributed by atoms with Crippen molar-refractivity contribution in [3.05, 3.63) is 66.0 Å². The van der Waals surface area contributed by atoms with Crippen molar-refractivity contribution in [1.82, 2.24) is 4.90 Å². The van der Waals surface area contributed by atoms with Crippen LogP contribution >= 0.6 is 0 Å². The van der Waals surface area contributed by atoms with Crippen LogP contribution in [0.4, 0.5) is 10.5 Å². The van der Waals surface area contributed by atoms with Crippen LogP contribution in [0.2, 0.25) is 0 Å². The molecule has 0 spiro atoms. The largest absolute Gasteiger partial charge is 0.502 e. The van der Waals surface area contributed by atoms with E-state index in [4.69, 9.17) is 4.74 Å². The van der Waals surface area contributed by atoms with E-state index in [-0.39, 0.29) is 12.1 Å². The Morgan fingerprint density at radius 2 is 2.16 bits per heavy atom. The molecule has 0 heterocycles. The number of hydrogen-bond acceptors (Lipinski definition) is 2. The molecule has 0 bridgehead atoms. The molecule has 25 heavy (non-hydrogen) atoms. The maximum atomic E-state index is 12.6. The topological polar surface area (TPSA) is 41.6 Å². The average molecular weight is 342 g/mol. The molecule has 4 heteroatoms. The molecule has 2 amide bonds. The van der Waals surface area contributed by atoms with E-state index in [1.807, 2.05) is 37.3 Å². The first-order chi connectivity index (χ1) is 11.9. The number of allylic oxidation sites excluding steroid dienone is 3. The summed E-state index contributed by atoms with van der Waals surface area (Å²) in [5, 5.41) is 2.96. The molecule has 0 fully saturated rings. The highest BCUT2D eigenvalue weighted by Crippen LogP contribution is 2.17. The van der Waals surface area contributed by atoms with Crippen LogP contribution in [0.5, 0.6) is 0 Å². The first-order valence-corrected chi connectivity index (χ1v) is 8.57. The summed E-state index contributed by atoms with van der Waals surface area (Å²) in [6, 6.07) is 5.65. The lowest BCUT2D eigenvalue weighted by Crippen LogP contribution is -2.38. The molecule has 1 rings (SSSR count). The molecule has 0 aromatic heterocycles. The van der Waals surface area contributed by atoms with Crippen molar-refractivity contribution in [3.8, 4) is 0 Å². The Kier molecular flexibility index (Phi) is 8.54. The number of ether oxygens (including phenoxy) is 1. The number of carbonyl (C=O) groups excluding carboxylic acids is 1. The van der Waals surface area contributed by atoms with Gasteiger partial charge in [0.25, 0.3) is 0 Å². The smallest absolute Gasteiger partial charge is 0.322 e. The third-order valence-corrected chi connectivity index (χ3v) is 4.05. The summed E-state index contributed by atoms with van der Waals surface area (Å²) in [6.07, 6.45) is 9.44. The van der Waals surface area contributed by atoms with E-state index < -0.39 is 0 Å². The van der Waals surface area contributed by atoms with E-state index >= 15 is 0 Å². The number of nitrogens with zero attached hydrogens (tertiary/aromatic N) is 1. The van der Waals surface area contributed by atoms with Crippen molar-refractivity contribution in [2.24, 2.45) is 0 Å². The van der Waals surface area contributed by atoms with E-state index in [1.165, 1.54) is 11.1 Å². The third kappa shape index (κ3) is 6.49. The fourth-order valence-corrected chi connectivity index (χ4v) is 2.47. The van der Waals surface area contributed by atoms with Crippen molar-refractivity contribution in [2.45, 2.75) is 39.7 Å². The lowest BCUT2D eigenvalue weighted by Gasteiger charge is -2.24. The molecule has 0 radical (unpaired) electrons. The highest BCUT2D eigenvalue weighted by atomic mass is 16.5. The number of urea groups is 1. The van der Waals surface area contributed by atoms with Crippen LogP contribution in [0, 0.1) is 6.92 Å². The zero-order valence-corrected chi connectivity index (χ0v) is 16.0. The Balaban J connectivity index is 2.90. The van der Waals surface area contributed by atoms with Crippen LogP contribution in [-0.2, 0) is 11.2 Å². The maximum Gasteiger partial charge on any atom is 0.322 e. The number of benzene rings is 1. The van der Waals surface area contributed by atoms with Gasteiger partial charge < -0.3 is 15.0 Å². The van der Waals surface area contributed by atoms with Crippen molar-refractivity contribution in [2.75, 3.05) is 19.5 Å². The number of aryl methyl sites for hydroxylation is 2. The molecule has 0 saturated heterocycles. The second-order valence-electron chi connectivity index (χ2n) is 6.02. The minimum atomic E-state index is -0.224. The lowest BCUT2D eigenvalue weighted by molar-refractivity contribution is 0.218. The van der Waals surface area contributed by atoms with Gasteiger partial charge in [0.1, 0.15) is 0 Å². The molecule has 1 aromatic rings. The Morgan fingerprint density at radius 1 is 1.44 bits per heavy atom. The second-order valence-corrected chi connectivity index (χ2v) is 6.02. The predicted octanol–water partition coefficient (Wildman–Crippen LogP) is 5.07. The Hall–Kier alpha value is -2.49. The molecule has 136 valence electrons. The molecule has 4 nitrogen and oxygen atoms in total. The van der Waals surface area contributed by atoms with Gasteiger partial charge in [-0.3, -0.25) is 0 Å². The number of likely N-dealkylation sites (N-methyl/N-ethyl adjacent to an activating group) is 1. The monoisotopic (exact) mass is 342 g/mol. The summed E-state index contributed by atoms with van der Waals surface area (Å²) in [7, 11) is 3.37. The van der Waals surface area contributed by atoms with Crippen LogP contribution in [-0.4, -0.2) is 31.1 Å². The summed E-state index contributed by atoms with van der Waals surface area (Å²) in [6.45, 7) is 9.77. The molecular formula is C21H30N2O2. The molecular weight excluding hydrogens is 312 g/mol. The predicted molar refractivity (Wildman–Crippen MR) is 106 cm³/mol. The summed E-state index contributed by atoms with van der Waals surface area (Å²) in [4.78, 5) is 14.2. The van der Waals surface area contributed by atoms with Gasteiger partial charge in [0, 0.05) is 12.7 Å². The molecule has 0 saturated carbocycles. The zero-order valence-electron chi connectivity index (χ0n) is 16.0. The summed E-state index contributed by atoms with van der Waals surface area (Å²) >= 11 is 0. The van der Waals surface area contributed by atoms with Gasteiger partial charge in [-0.2, -0.15) is 0 Å². The maximum absolute atomic E-state index is 12.6. The number of carbonyl (C=O) groups is 1. The molecule has 0 aliphatic heterocycles. The van der Waals surface area contributed by atoms with E-state index in [1.54, 1.807) is 25.1 Å². The van der Waals surface area contributed by atoms with Gasteiger partial charge in [-0.25, -0.2) is 4.79 Å². The summed E-state index contributed by atoms with van der Waals surface area (Å²) in [5.41, 5.74) is 3.31. The van der Waals surface area contributed by atoms with Gasteiger partial charge in [-0.1, -0.05) is 44.2 Å². The van der Waals surface area contributed by atoms with Crippen molar-refractivity contribution in [1.29, 1.82) is 0 Å². The van der Waals surface area contributed by atoms with E-state index in [9.17, 15) is 4.79 Å². The first kappa shape index (κ1) is 20.6. The van der Waals surface area contributed by atoms with Crippen LogP contribution in [0.3, 0.4) is 0 Å². The first-order valence-electron chi connectivity index (χ1n) is 8.57. The standard InChI is InChI=1S/C21H30N2O2/c1-7-9-11-20(15-17(4)25-6)23(5)21(24)22-19-13-12-18(10-8-2)16(3)14-19/h7,9,11-15,20H,1,8,10H2,2-6H3,(H,22,24)/b11-9?,17-15-. The molecule has 1 N–H and O–H groups in total. The zero-order chi connectivity index (χ0) is 18.8. The summed E-state index contributed by atoms with van der Waals surface area (Å²) in [5.74, 6) is 0.748. The van der Waals surface area contributed by atoms with Crippen LogP contribution < -0.4 is 5.32 Å². The van der Waals surface area contributed by atoms with Crippen molar-refractivity contribution < 1.29 is 9.53 Å². The van der Waals surface area contributed by atoms with Gasteiger partial charge in [-0.15, -0.1) is 0 Å². The number of hydrogen-bond donors (Lipinski definition) is 1. The third-order valence-electron chi connectivity index (χ3n) is 4.05. The summed E-state index contributed by atoms with van der Waals surface area (Å²) < 4.78 is 5.20. The highest BCUT2D eigenvalue weighted by molar-refractivity contribution is 5.89. The Morgan fingerprint density at radius 3 is 2.72 bits per heavy atom. The number of rotatable bonds is 8. The van der Waals surface area contributed by atoms with E-state index in [2.05, 4.69) is 31.8 Å². The van der Waals surface area contributed by atoms with Gasteiger partial charge in [0.05, 0.1) is 18.9 Å². The fraction of sp³-hybridized carbons (Fsp3) is 0.381. The van der Waals surface area contributed by atoms with Gasteiger partial charge in [0.15, 0.2) is 0 Å². The van der Waals surface area contributed by atoms with Crippen molar-refractivity contribution in [3.63, 3.8) is 0 Å². The van der Waals surface area contributed by atoms with Gasteiger partial charge in [0.2, 0.25) is 0 Å². The normalized spacial score (nSPS) is 12.8. The minimum Gasteiger partial charge on any atom is -0.502 e. The van der Waals surface area contributed by atoms with Gasteiger partial charge in [-0.05, 0) is 49.6 Å². The molecule has 1 aromatic carbocycles. The minimum absolute atomic E-state index is 0.179. The Labute approximate surface area is 151 Å². The quantitative estimate of drug-likeness (QED) is 0.529. The molecule has 0 aliphatic carbocycles. The van der Waals surface area contributed by atoms with Crippen LogP contribution in [0.25, 0.3) is 0 Å². The number of methoxy groups -OCH3 is 1. The van der Waals surface area contributed by atoms with Crippen LogP contribution in [0.15, 0.2) is 54.8 Å². The fourth-order valence-electron chi connectivity index (χ4n) is 2.47. The van der Waals surface area contributed by atoms with Crippen LogP contribution in [0.1, 0.15) is 31.4 Å². The molecule has 1 atom stereocenters. The Bertz CT molecular complexity index is 647. The van der Waals surface area contributed by atoms with Crippen molar-refractivity contribution >= 4 is 11.7 Å². The number of nitrogens with one attached hydrogen (secondary N) is 1. The molecule has 1 unspecified atom stereocenters. The SMILES string of the molecule is C=CC=CC(/C=C(/C)OC)N(C)C(=O)Nc1ccc(CCC)c(C)c1. The second kappa shape index (κ2) is 10.4. The van der Waals surface area contributed by atoms with E-state index in [0.29, 0.717) is 0 Å². The van der Waals surface area contributed by atoms with Gasteiger partial charge >= 0.3 is 6.03 Å².